The molecule has 0 saturated carbocycles. The van der Waals surface area contributed by atoms with Crippen LogP contribution >= 0.6 is 0 Å². The molecule has 10 nitrogen and oxygen atoms in total. The summed E-state index contributed by atoms with van der Waals surface area (Å²) in [6, 6.07) is 29.9. The first-order valence-corrected chi connectivity index (χ1v) is 26.1. The number of aromatic nitrogens is 2. The van der Waals surface area contributed by atoms with Gasteiger partial charge in [0.05, 0.1) is 32.6 Å². The van der Waals surface area contributed by atoms with Crippen molar-refractivity contribution in [1.29, 1.82) is 0 Å². The topological polar surface area (TPSA) is 165 Å². The second-order valence-corrected chi connectivity index (χ2v) is 20.9. The SMILES string of the molecule is CCc1c2[nH]c(c1C)/C=C1\N=C(Cc3[nH]c(c(C)c3CC)/C=C3\N=C(C2)C2=C3c3ccccc3CC2)C2=C1c1ccccc1CC2.Cc1ccc(S(=O)(=O)O)cc1.Cc1ccc(S(=O)(=O)O)cc1. The van der Waals surface area contributed by atoms with Gasteiger partial charge in [-0.15, -0.1) is 0 Å². The molecule has 12 heteroatoms. The first kappa shape index (κ1) is 46.7. The Kier molecular flexibility index (Phi) is 12.7. The zero-order valence-corrected chi connectivity index (χ0v) is 40.9. The number of fused-ring (bicyclic) bond motifs is 14. The third-order valence-corrected chi connectivity index (χ3v) is 15.5. The number of hydrogen-bond acceptors (Lipinski definition) is 6. The van der Waals surface area contributed by atoms with E-state index in [1.54, 1.807) is 24.3 Å². The van der Waals surface area contributed by atoms with Crippen LogP contribution in [-0.2, 0) is 58.8 Å². The van der Waals surface area contributed by atoms with E-state index in [1.165, 1.54) is 125 Å². The lowest BCUT2D eigenvalue weighted by Gasteiger charge is -2.20. The highest BCUT2D eigenvalue weighted by molar-refractivity contribution is 7.86. The summed E-state index contributed by atoms with van der Waals surface area (Å²) in [6.45, 7) is 12.8. The van der Waals surface area contributed by atoms with E-state index in [0.717, 1.165) is 73.9 Å². The minimum Gasteiger partial charge on any atom is -0.358 e. The molecule has 5 heterocycles. The second-order valence-electron chi connectivity index (χ2n) is 18.1. The molecule has 5 aliphatic rings. The maximum atomic E-state index is 10.5. The molecule has 0 spiro atoms. The molecule has 6 aromatic rings. The predicted octanol–water partition coefficient (Wildman–Crippen LogP) is 11.8. The molecule has 4 N–H and O–H groups in total. The van der Waals surface area contributed by atoms with Crippen LogP contribution in [0, 0.1) is 27.7 Å². The number of hydrogen-bond donors (Lipinski definition) is 4. The van der Waals surface area contributed by atoms with Gasteiger partial charge in [-0.3, -0.25) is 19.1 Å². The van der Waals surface area contributed by atoms with Crippen molar-refractivity contribution in [3.63, 3.8) is 0 Å². The normalized spacial score (nSPS) is 17.4. The zero-order valence-electron chi connectivity index (χ0n) is 39.3. The number of nitrogens with zero attached hydrogens (tertiary/aromatic N) is 2. The van der Waals surface area contributed by atoms with Gasteiger partial charge in [-0.2, -0.15) is 16.8 Å². The standard InChI is InChI=1S/C42H40N4.2C7H8O3S/c1-5-27-23(3)33-19-39-42-30-14-10-8-12-26(30)16-18-32(42)38(46-39)22-36-28(6-2)24(4)34(44-36)20-40-41-29-13-9-7-11-25(29)15-17-31(41)37(45-40)21-35(27)43-33;2*1-6-2-4-7(5-3-6)11(8,9)10/h7-14,19-20,43-44H,5-6,15-18,21-22H2,1-4H3;2*2-5H,1H3,(H,8,9,10)/b39-19-,40-20-;;. The lowest BCUT2D eigenvalue weighted by molar-refractivity contribution is 0.481. The average Bonchev–Trinajstić information content (AvgIpc) is 4.03. The molecular formula is C56H56N4O6S2. The molecule has 348 valence electrons. The molecule has 4 aromatic carbocycles. The van der Waals surface area contributed by atoms with Crippen molar-refractivity contribution in [3.05, 3.63) is 198 Å². The van der Waals surface area contributed by atoms with E-state index in [1.807, 2.05) is 13.8 Å². The van der Waals surface area contributed by atoms with Gasteiger partial charge in [0.2, 0.25) is 0 Å². The Morgan fingerprint density at radius 1 is 0.515 bits per heavy atom. The van der Waals surface area contributed by atoms with Crippen molar-refractivity contribution in [3.8, 4) is 0 Å². The first-order valence-electron chi connectivity index (χ1n) is 23.2. The number of allylic oxidation sites excluding steroid dienone is 4. The Labute approximate surface area is 399 Å². The van der Waals surface area contributed by atoms with Crippen molar-refractivity contribution in [2.45, 2.75) is 103 Å². The summed E-state index contributed by atoms with van der Waals surface area (Å²) in [7, 11) is -8.04. The van der Waals surface area contributed by atoms with Gasteiger partial charge in [-0.1, -0.05) is 97.8 Å². The van der Waals surface area contributed by atoms with Gasteiger partial charge in [0.25, 0.3) is 20.2 Å². The largest absolute Gasteiger partial charge is 0.358 e. The number of rotatable bonds is 4. The Bertz CT molecular complexity index is 3200. The Balaban J connectivity index is 0.000000216. The molecule has 2 aromatic heterocycles. The van der Waals surface area contributed by atoms with Crippen LogP contribution in [0.2, 0.25) is 0 Å². The lowest BCUT2D eigenvalue weighted by atomic mass is 9.83. The number of H-pyrrole nitrogens is 2. The highest BCUT2D eigenvalue weighted by Crippen LogP contribution is 2.46. The minimum absolute atomic E-state index is 0.0666. The van der Waals surface area contributed by atoms with Crippen molar-refractivity contribution in [2.75, 3.05) is 0 Å². The number of aryl methyl sites for hydroxylation is 4. The smallest absolute Gasteiger partial charge is 0.294 e. The third kappa shape index (κ3) is 9.13. The van der Waals surface area contributed by atoms with E-state index >= 15 is 0 Å². The van der Waals surface area contributed by atoms with Crippen LogP contribution in [0.3, 0.4) is 0 Å². The molecular weight excluding hydrogens is 889 g/mol. The quantitative estimate of drug-likeness (QED) is 0.128. The van der Waals surface area contributed by atoms with Crippen molar-refractivity contribution >= 4 is 55.0 Å². The highest BCUT2D eigenvalue weighted by Gasteiger charge is 2.33. The summed E-state index contributed by atoms with van der Waals surface area (Å²) in [5.74, 6) is 0. The van der Waals surface area contributed by atoms with Gasteiger partial charge in [0.1, 0.15) is 0 Å². The molecule has 0 radical (unpaired) electrons. The summed E-state index contributed by atoms with van der Waals surface area (Å²) in [5, 5.41) is 0. The van der Waals surface area contributed by atoms with Gasteiger partial charge in [0, 0.05) is 46.8 Å². The predicted molar refractivity (Wildman–Crippen MR) is 273 cm³/mol. The van der Waals surface area contributed by atoms with E-state index in [9.17, 15) is 16.8 Å². The molecule has 2 aliphatic carbocycles. The number of aromatic amines is 2. The van der Waals surface area contributed by atoms with E-state index in [-0.39, 0.29) is 9.79 Å². The third-order valence-electron chi connectivity index (χ3n) is 13.8. The molecule has 0 atom stereocenters. The van der Waals surface area contributed by atoms with Crippen molar-refractivity contribution in [1.82, 2.24) is 9.97 Å². The maximum Gasteiger partial charge on any atom is 0.294 e. The van der Waals surface area contributed by atoms with E-state index in [4.69, 9.17) is 19.1 Å². The minimum atomic E-state index is -4.02. The van der Waals surface area contributed by atoms with Gasteiger partial charge in [-0.05, 0) is 158 Å². The van der Waals surface area contributed by atoms with Crippen molar-refractivity contribution < 1.29 is 25.9 Å². The molecule has 0 amide bonds. The van der Waals surface area contributed by atoms with Crippen LogP contribution in [0.15, 0.2) is 139 Å². The fourth-order valence-electron chi connectivity index (χ4n) is 10.3. The van der Waals surface area contributed by atoms with Gasteiger partial charge >= 0.3 is 0 Å². The monoisotopic (exact) mass is 944 g/mol. The summed E-state index contributed by atoms with van der Waals surface area (Å²) in [6.07, 6.45) is 12.5. The van der Waals surface area contributed by atoms with Crippen LogP contribution in [0.5, 0.6) is 0 Å². The van der Waals surface area contributed by atoms with Gasteiger partial charge in [0.15, 0.2) is 0 Å². The van der Waals surface area contributed by atoms with Gasteiger partial charge < -0.3 is 9.97 Å². The van der Waals surface area contributed by atoms with Crippen molar-refractivity contribution in [2.24, 2.45) is 9.98 Å². The molecule has 11 rings (SSSR count). The fourth-order valence-corrected chi connectivity index (χ4v) is 11.2. The van der Waals surface area contributed by atoms with E-state index < -0.39 is 20.2 Å². The molecule has 0 fully saturated rings. The summed E-state index contributed by atoms with van der Waals surface area (Å²) in [4.78, 5) is 18.6. The summed E-state index contributed by atoms with van der Waals surface area (Å²) < 4.78 is 59.1. The van der Waals surface area contributed by atoms with Gasteiger partial charge in [-0.25, -0.2) is 0 Å². The van der Waals surface area contributed by atoms with Crippen LogP contribution in [0.4, 0.5) is 0 Å². The van der Waals surface area contributed by atoms with Crippen LogP contribution in [-0.4, -0.2) is 47.3 Å². The maximum absolute atomic E-state index is 10.5. The average molecular weight is 945 g/mol. The number of benzene rings is 4. The Hall–Kier alpha value is -6.44. The lowest BCUT2D eigenvalue weighted by Crippen LogP contribution is -2.11. The van der Waals surface area contributed by atoms with E-state index in [2.05, 4.69) is 98.3 Å². The molecule has 68 heavy (non-hydrogen) atoms. The summed E-state index contributed by atoms with van der Waals surface area (Å²) in [5.41, 5.74) is 28.0. The molecule has 8 bridgehead atoms. The van der Waals surface area contributed by atoms with Crippen LogP contribution < -0.4 is 0 Å². The highest BCUT2D eigenvalue weighted by atomic mass is 32.2. The summed E-state index contributed by atoms with van der Waals surface area (Å²) >= 11 is 0. The second kappa shape index (κ2) is 18.6. The van der Waals surface area contributed by atoms with Crippen LogP contribution in [0.1, 0.15) is 105 Å². The zero-order chi connectivity index (χ0) is 48.1. The number of aliphatic imine (C=N–C) groups is 2. The Morgan fingerprint density at radius 3 is 1.24 bits per heavy atom. The van der Waals surface area contributed by atoms with E-state index in [0.29, 0.717) is 0 Å². The molecule has 0 unspecified atom stereocenters. The van der Waals surface area contributed by atoms with Crippen LogP contribution in [0.25, 0.3) is 23.3 Å². The first-order chi connectivity index (χ1) is 32.5. The Morgan fingerprint density at radius 2 is 0.882 bits per heavy atom. The number of nitrogens with one attached hydrogen (secondary N) is 2. The molecule has 3 aliphatic heterocycles. The fraction of sp³-hybridized carbons (Fsp3) is 0.250. The molecule has 0 saturated heterocycles.